The Balaban J connectivity index is 1.54. The van der Waals surface area contributed by atoms with E-state index in [0.717, 1.165) is 29.2 Å². The molecule has 1 aliphatic heterocycles. The van der Waals surface area contributed by atoms with Crippen molar-refractivity contribution in [3.63, 3.8) is 0 Å². The van der Waals surface area contributed by atoms with E-state index in [1.54, 1.807) is 7.11 Å². The van der Waals surface area contributed by atoms with Gasteiger partial charge in [0.05, 0.1) is 19.8 Å². The molecule has 2 aromatic rings. The first-order chi connectivity index (χ1) is 13.4. The smallest absolute Gasteiger partial charge is 0.220 e. The Labute approximate surface area is 167 Å². The number of carbonyl (C=O) groups excluding carboxylic acids is 1. The van der Waals surface area contributed by atoms with Crippen molar-refractivity contribution >= 4 is 5.91 Å². The fraction of sp³-hybridized carbons (Fsp3) is 0.435. The second-order valence-electron chi connectivity index (χ2n) is 7.85. The Morgan fingerprint density at radius 3 is 2.61 bits per heavy atom. The minimum Gasteiger partial charge on any atom is -0.497 e. The molecule has 3 rings (SSSR count). The van der Waals surface area contributed by atoms with E-state index in [2.05, 4.69) is 5.32 Å². The molecule has 2 aromatic carbocycles. The largest absolute Gasteiger partial charge is 0.497 e. The highest BCUT2D eigenvalue weighted by molar-refractivity contribution is 5.76. The molecule has 150 valence electrons. The van der Waals surface area contributed by atoms with Gasteiger partial charge in [0, 0.05) is 24.5 Å². The zero-order valence-corrected chi connectivity index (χ0v) is 17.1. The molecule has 5 nitrogen and oxygen atoms in total. The summed E-state index contributed by atoms with van der Waals surface area (Å²) in [5.74, 6) is 2.37. The van der Waals surface area contributed by atoms with Crippen molar-refractivity contribution in [2.45, 2.75) is 51.7 Å². The lowest BCUT2D eigenvalue weighted by Gasteiger charge is -2.38. The van der Waals surface area contributed by atoms with E-state index < -0.39 is 0 Å². The molecule has 0 aromatic heterocycles. The quantitative estimate of drug-likeness (QED) is 0.711. The number of fused-ring (bicyclic) bond motifs is 1. The van der Waals surface area contributed by atoms with Gasteiger partial charge >= 0.3 is 0 Å². The van der Waals surface area contributed by atoms with Gasteiger partial charge < -0.3 is 19.5 Å². The molecule has 1 heterocycles. The molecule has 1 amide bonds. The van der Waals surface area contributed by atoms with Gasteiger partial charge in [-0.25, -0.2) is 0 Å². The van der Waals surface area contributed by atoms with Crippen LogP contribution in [0.15, 0.2) is 42.5 Å². The second kappa shape index (κ2) is 8.55. The monoisotopic (exact) mass is 383 g/mol. The number of hydrogen-bond donors (Lipinski definition) is 1. The normalized spacial score (nSPS) is 17.2. The van der Waals surface area contributed by atoms with Crippen LogP contribution in [0.25, 0.3) is 0 Å². The van der Waals surface area contributed by atoms with E-state index in [0.29, 0.717) is 19.4 Å². The highest BCUT2D eigenvalue weighted by Gasteiger charge is 2.34. The first-order valence-corrected chi connectivity index (χ1v) is 9.72. The zero-order chi connectivity index (χ0) is 20.1. The van der Waals surface area contributed by atoms with Gasteiger partial charge in [-0.2, -0.15) is 0 Å². The Morgan fingerprint density at radius 2 is 1.89 bits per heavy atom. The van der Waals surface area contributed by atoms with Gasteiger partial charge in [0.15, 0.2) is 0 Å². The van der Waals surface area contributed by atoms with E-state index in [-0.39, 0.29) is 17.6 Å². The van der Waals surface area contributed by atoms with Crippen molar-refractivity contribution in [2.24, 2.45) is 0 Å². The van der Waals surface area contributed by atoms with Crippen LogP contribution in [0.2, 0.25) is 0 Å². The molecule has 1 aliphatic rings. The summed E-state index contributed by atoms with van der Waals surface area (Å²) in [6.45, 7) is 6.62. The highest BCUT2D eigenvalue weighted by Crippen LogP contribution is 2.41. The predicted octanol–water partition coefficient (Wildman–Crippen LogP) is 4.58. The van der Waals surface area contributed by atoms with Gasteiger partial charge in [-0.3, -0.25) is 4.79 Å². The highest BCUT2D eigenvalue weighted by atomic mass is 16.5. The summed E-state index contributed by atoms with van der Waals surface area (Å²) in [5, 5.41) is 3.16. The number of ether oxygens (including phenoxy) is 3. The van der Waals surface area contributed by atoms with E-state index >= 15 is 0 Å². The fourth-order valence-electron chi connectivity index (χ4n) is 3.41. The van der Waals surface area contributed by atoms with E-state index in [1.807, 2.05) is 63.2 Å². The summed E-state index contributed by atoms with van der Waals surface area (Å²) in [6.07, 6.45) is 1.81. The molecule has 1 atom stereocenters. The fourth-order valence-corrected chi connectivity index (χ4v) is 3.41. The number of aryl methyl sites for hydroxylation is 1. The third-order valence-electron chi connectivity index (χ3n) is 4.85. The van der Waals surface area contributed by atoms with E-state index in [4.69, 9.17) is 14.2 Å². The molecular formula is C23H29NO4. The van der Waals surface area contributed by atoms with Crippen molar-refractivity contribution < 1.29 is 19.0 Å². The van der Waals surface area contributed by atoms with Crippen LogP contribution in [-0.2, 0) is 4.79 Å². The van der Waals surface area contributed by atoms with Gasteiger partial charge in [-0.05, 0) is 51.5 Å². The van der Waals surface area contributed by atoms with Crippen LogP contribution in [0.3, 0.4) is 0 Å². The summed E-state index contributed by atoms with van der Waals surface area (Å²) in [4.78, 5) is 12.5. The number of hydrogen-bond acceptors (Lipinski definition) is 4. The van der Waals surface area contributed by atoms with Gasteiger partial charge in [0.2, 0.25) is 5.91 Å². The Hall–Kier alpha value is -2.69. The standard InChI is InChI=1S/C23H29NO4/c1-16-7-9-17(10-8-16)27-13-5-6-22(25)24-20-15-23(2,3)28-21-14-18(26-4)11-12-19(20)21/h7-12,14,20H,5-6,13,15H2,1-4H3,(H,24,25)/t20-/m0/s1. The van der Waals surface area contributed by atoms with Crippen molar-refractivity contribution in [2.75, 3.05) is 13.7 Å². The van der Waals surface area contributed by atoms with E-state index in [9.17, 15) is 4.79 Å². The third kappa shape index (κ3) is 5.18. The van der Waals surface area contributed by atoms with Crippen LogP contribution in [-0.4, -0.2) is 25.2 Å². The molecule has 0 fully saturated rings. The number of methoxy groups -OCH3 is 1. The maximum Gasteiger partial charge on any atom is 0.220 e. The SMILES string of the molecule is COc1ccc2c(c1)OC(C)(C)C[C@@H]2NC(=O)CCCOc1ccc(C)cc1. The number of amides is 1. The Bertz CT molecular complexity index is 814. The number of carbonyl (C=O) groups is 1. The summed E-state index contributed by atoms with van der Waals surface area (Å²) < 4.78 is 17.1. The molecule has 28 heavy (non-hydrogen) atoms. The van der Waals surface area contributed by atoms with Crippen molar-refractivity contribution in [3.05, 3.63) is 53.6 Å². The lowest BCUT2D eigenvalue weighted by molar-refractivity contribution is -0.122. The van der Waals surface area contributed by atoms with Crippen LogP contribution >= 0.6 is 0 Å². The van der Waals surface area contributed by atoms with Crippen molar-refractivity contribution in [1.82, 2.24) is 5.32 Å². The zero-order valence-electron chi connectivity index (χ0n) is 17.1. The molecule has 0 bridgehead atoms. The van der Waals surface area contributed by atoms with Crippen molar-refractivity contribution in [1.29, 1.82) is 0 Å². The third-order valence-corrected chi connectivity index (χ3v) is 4.85. The first kappa shape index (κ1) is 20.1. The lowest BCUT2D eigenvalue weighted by Crippen LogP contribution is -2.41. The molecule has 0 saturated carbocycles. The van der Waals surface area contributed by atoms with Gasteiger partial charge in [0.25, 0.3) is 0 Å². The molecular weight excluding hydrogens is 354 g/mol. The maximum atomic E-state index is 12.5. The average molecular weight is 383 g/mol. The van der Waals surface area contributed by atoms with Crippen LogP contribution < -0.4 is 19.5 Å². The average Bonchev–Trinajstić information content (AvgIpc) is 2.65. The molecule has 0 unspecified atom stereocenters. The van der Waals surface area contributed by atoms with Gasteiger partial charge in [0.1, 0.15) is 22.8 Å². The lowest BCUT2D eigenvalue weighted by atomic mass is 9.89. The van der Waals surface area contributed by atoms with Crippen molar-refractivity contribution in [3.8, 4) is 17.2 Å². The second-order valence-corrected chi connectivity index (χ2v) is 7.85. The molecule has 0 radical (unpaired) electrons. The topological polar surface area (TPSA) is 56.8 Å². The summed E-state index contributed by atoms with van der Waals surface area (Å²) in [5.41, 5.74) is 1.83. The number of nitrogens with one attached hydrogen (secondary N) is 1. The molecule has 5 heteroatoms. The Morgan fingerprint density at radius 1 is 1.18 bits per heavy atom. The summed E-state index contributed by atoms with van der Waals surface area (Å²) in [6, 6.07) is 13.6. The summed E-state index contributed by atoms with van der Waals surface area (Å²) >= 11 is 0. The van der Waals surface area contributed by atoms with Crippen LogP contribution in [0, 0.1) is 6.92 Å². The molecule has 0 spiro atoms. The minimum absolute atomic E-state index is 0.0250. The minimum atomic E-state index is -0.355. The van der Waals surface area contributed by atoms with Gasteiger partial charge in [-0.1, -0.05) is 17.7 Å². The number of rotatable bonds is 7. The van der Waals surface area contributed by atoms with Gasteiger partial charge in [-0.15, -0.1) is 0 Å². The maximum absolute atomic E-state index is 12.5. The Kier molecular flexibility index (Phi) is 6.12. The van der Waals surface area contributed by atoms with Crippen LogP contribution in [0.5, 0.6) is 17.2 Å². The molecule has 0 saturated heterocycles. The first-order valence-electron chi connectivity index (χ1n) is 9.72. The number of benzene rings is 2. The summed E-state index contributed by atoms with van der Waals surface area (Å²) in [7, 11) is 1.63. The van der Waals surface area contributed by atoms with Crippen LogP contribution in [0.4, 0.5) is 0 Å². The molecule has 0 aliphatic carbocycles. The molecule has 1 N–H and O–H groups in total. The predicted molar refractivity (Wildman–Crippen MR) is 109 cm³/mol. The van der Waals surface area contributed by atoms with E-state index in [1.165, 1.54) is 5.56 Å². The van der Waals surface area contributed by atoms with Crippen LogP contribution in [0.1, 0.15) is 50.3 Å².